The Morgan fingerprint density at radius 1 is 0.931 bits per heavy atom. The Morgan fingerprint density at radius 2 is 1.76 bits per heavy atom. The number of aromatic nitrogens is 6. The Morgan fingerprint density at radius 3 is 2.45 bits per heavy atom. The maximum absolute atomic E-state index is 6.13. The largest absolute Gasteiger partial charge is 0.256 e. The molecule has 0 atom stereocenters. The summed E-state index contributed by atoms with van der Waals surface area (Å²) in [5.41, 5.74) is 7.12. The van der Waals surface area contributed by atoms with Crippen LogP contribution in [0.25, 0.3) is 33.8 Å². The van der Waals surface area contributed by atoms with Gasteiger partial charge < -0.3 is 0 Å². The molecule has 0 saturated heterocycles. The van der Waals surface area contributed by atoms with Crippen molar-refractivity contribution in [3.8, 4) is 28.2 Å². The van der Waals surface area contributed by atoms with Crippen LogP contribution in [0.3, 0.4) is 0 Å². The van der Waals surface area contributed by atoms with Crippen molar-refractivity contribution in [2.75, 3.05) is 0 Å². The van der Waals surface area contributed by atoms with E-state index in [1.807, 2.05) is 77.8 Å². The monoisotopic (exact) mass is 400 g/mol. The molecule has 0 N–H and O–H groups in total. The molecular weight excluding hydrogens is 384 g/mol. The molecule has 4 heterocycles. The predicted molar refractivity (Wildman–Crippen MR) is 113 cm³/mol. The Balaban J connectivity index is 1.83. The lowest BCUT2D eigenvalue weighted by atomic mass is 10.1. The molecule has 0 aliphatic carbocycles. The summed E-state index contributed by atoms with van der Waals surface area (Å²) in [6.45, 7) is 4.00. The molecule has 0 radical (unpaired) electrons. The minimum absolute atomic E-state index is 0.682. The first kappa shape index (κ1) is 17.6. The SMILES string of the molecule is Cc1cc(C)n(-c2cnc3c(-c4ccccn4)cnn3c2-c2ccc(Cl)cc2)n1. The number of hydrogen-bond donors (Lipinski definition) is 0. The van der Waals surface area contributed by atoms with Gasteiger partial charge in [-0.2, -0.15) is 10.2 Å². The third kappa shape index (κ3) is 2.98. The first-order chi connectivity index (χ1) is 14.1. The van der Waals surface area contributed by atoms with Crippen LogP contribution < -0.4 is 0 Å². The lowest BCUT2D eigenvalue weighted by Crippen LogP contribution is -2.07. The van der Waals surface area contributed by atoms with Crippen LogP contribution in [0, 0.1) is 13.8 Å². The number of pyridine rings is 1. The fraction of sp³-hybridized carbons (Fsp3) is 0.0909. The van der Waals surface area contributed by atoms with Crippen molar-refractivity contribution in [3.05, 3.63) is 83.5 Å². The first-order valence-corrected chi connectivity index (χ1v) is 9.57. The van der Waals surface area contributed by atoms with Gasteiger partial charge in [0.25, 0.3) is 0 Å². The van der Waals surface area contributed by atoms with Gasteiger partial charge in [0.1, 0.15) is 11.4 Å². The van der Waals surface area contributed by atoms with Gasteiger partial charge in [0.05, 0.1) is 29.3 Å². The molecule has 0 saturated carbocycles. The third-order valence-electron chi connectivity index (χ3n) is 4.80. The van der Waals surface area contributed by atoms with Crippen LogP contribution in [-0.2, 0) is 0 Å². The van der Waals surface area contributed by atoms with Gasteiger partial charge in [0.2, 0.25) is 0 Å². The van der Waals surface area contributed by atoms with Crippen molar-refractivity contribution in [1.29, 1.82) is 0 Å². The summed E-state index contributed by atoms with van der Waals surface area (Å²) in [6.07, 6.45) is 5.41. The van der Waals surface area contributed by atoms with Crippen LogP contribution in [0.5, 0.6) is 0 Å². The molecule has 142 valence electrons. The molecule has 4 aromatic heterocycles. The molecule has 1 aromatic carbocycles. The smallest absolute Gasteiger partial charge is 0.165 e. The fourth-order valence-electron chi connectivity index (χ4n) is 3.53. The van der Waals surface area contributed by atoms with E-state index < -0.39 is 0 Å². The molecule has 5 rings (SSSR count). The van der Waals surface area contributed by atoms with E-state index in [-0.39, 0.29) is 0 Å². The van der Waals surface area contributed by atoms with Gasteiger partial charge in [0.15, 0.2) is 5.65 Å². The van der Waals surface area contributed by atoms with Crippen LogP contribution in [-0.4, -0.2) is 29.4 Å². The van der Waals surface area contributed by atoms with Crippen LogP contribution in [0.2, 0.25) is 5.02 Å². The zero-order valence-electron chi connectivity index (χ0n) is 15.9. The van der Waals surface area contributed by atoms with Crippen LogP contribution in [0.4, 0.5) is 0 Å². The van der Waals surface area contributed by atoms with Crippen LogP contribution >= 0.6 is 11.6 Å². The van der Waals surface area contributed by atoms with E-state index in [9.17, 15) is 0 Å². The van der Waals surface area contributed by atoms with Crippen LogP contribution in [0.1, 0.15) is 11.4 Å². The summed E-state index contributed by atoms with van der Waals surface area (Å²) in [7, 11) is 0. The molecule has 0 bridgehead atoms. The Hall–Kier alpha value is -3.51. The highest BCUT2D eigenvalue weighted by Gasteiger charge is 2.19. The van der Waals surface area contributed by atoms with E-state index in [4.69, 9.17) is 16.6 Å². The van der Waals surface area contributed by atoms with E-state index in [0.29, 0.717) is 5.02 Å². The van der Waals surface area contributed by atoms with Gasteiger partial charge in [-0.25, -0.2) is 14.2 Å². The molecule has 6 nitrogen and oxygen atoms in total. The quantitative estimate of drug-likeness (QED) is 0.431. The summed E-state index contributed by atoms with van der Waals surface area (Å²) in [4.78, 5) is 9.18. The highest BCUT2D eigenvalue weighted by molar-refractivity contribution is 6.30. The van der Waals surface area contributed by atoms with Crippen molar-refractivity contribution in [1.82, 2.24) is 29.4 Å². The highest BCUT2D eigenvalue weighted by Crippen LogP contribution is 2.31. The predicted octanol–water partition coefficient (Wildman–Crippen LogP) is 4.91. The second kappa shape index (κ2) is 6.83. The lowest BCUT2D eigenvalue weighted by Gasteiger charge is -2.13. The number of rotatable bonds is 3. The average Bonchev–Trinajstić information content (AvgIpc) is 3.31. The summed E-state index contributed by atoms with van der Waals surface area (Å²) in [5.74, 6) is 0. The van der Waals surface area contributed by atoms with Gasteiger partial charge in [-0.05, 0) is 44.2 Å². The van der Waals surface area contributed by atoms with Crippen molar-refractivity contribution >= 4 is 17.2 Å². The summed E-state index contributed by atoms with van der Waals surface area (Å²) in [6, 6.07) is 15.5. The standard InChI is InChI=1S/C22H17ClN6/c1-14-11-15(2)28(27-14)20-13-25-22-18(19-5-3-4-10-24-19)12-26-29(22)21(20)16-6-8-17(23)9-7-16/h3-13H,1-2H3. The van der Waals surface area contributed by atoms with E-state index >= 15 is 0 Å². The number of hydrogen-bond acceptors (Lipinski definition) is 4. The molecule has 5 aromatic rings. The van der Waals surface area contributed by atoms with Gasteiger partial charge in [-0.15, -0.1) is 0 Å². The van der Waals surface area contributed by atoms with Crippen molar-refractivity contribution in [3.63, 3.8) is 0 Å². The molecule has 0 unspecified atom stereocenters. The fourth-order valence-corrected chi connectivity index (χ4v) is 3.66. The minimum Gasteiger partial charge on any atom is -0.256 e. The van der Waals surface area contributed by atoms with E-state index in [1.165, 1.54) is 0 Å². The number of benzene rings is 1. The Labute approximate surface area is 172 Å². The van der Waals surface area contributed by atoms with Crippen molar-refractivity contribution in [2.45, 2.75) is 13.8 Å². The summed E-state index contributed by atoms with van der Waals surface area (Å²) >= 11 is 6.13. The topological polar surface area (TPSA) is 60.9 Å². The maximum atomic E-state index is 6.13. The Kier molecular flexibility index (Phi) is 4.14. The Bertz CT molecular complexity index is 1320. The van der Waals surface area contributed by atoms with Gasteiger partial charge in [-0.1, -0.05) is 29.8 Å². The number of fused-ring (bicyclic) bond motifs is 1. The molecule has 29 heavy (non-hydrogen) atoms. The molecule has 0 aliphatic rings. The summed E-state index contributed by atoms with van der Waals surface area (Å²) in [5, 5.41) is 9.99. The van der Waals surface area contributed by atoms with E-state index in [1.54, 1.807) is 12.4 Å². The summed E-state index contributed by atoms with van der Waals surface area (Å²) < 4.78 is 3.74. The van der Waals surface area contributed by atoms with Crippen molar-refractivity contribution in [2.24, 2.45) is 0 Å². The highest BCUT2D eigenvalue weighted by atomic mass is 35.5. The van der Waals surface area contributed by atoms with Crippen molar-refractivity contribution < 1.29 is 0 Å². The van der Waals surface area contributed by atoms with E-state index in [0.717, 1.165) is 45.2 Å². The molecule has 0 amide bonds. The third-order valence-corrected chi connectivity index (χ3v) is 5.06. The lowest BCUT2D eigenvalue weighted by molar-refractivity contribution is 0.812. The van der Waals surface area contributed by atoms with Gasteiger partial charge in [0, 0.05) is 22.5 Å². The normalized spacial score (nSPS) is 11.3. The average molecular weight is 401 g/mol. The number of halogens is 1. The zero-order valence-corrected chi connectivity index (χ0v) is 16.7. The van der Waals surface area contributed by atoms with Crippen LogP contribution in [0.15, 0.2) is 67.1 Å². The minimum atomic E-state index is 0.682. The molecule has 7 heteroatoms. The molecular formula is C22H17ClN6. The molecule has 0 aliphatic heterocycles. The second-order valence-corrected chi connectivity index (χ2v) is 7.28. The first-order valence-electron chi connectivity index (χ1n) is 9.19. The number of nitrogens with zero attached hydrogens (tertiary/aromatic N) is 6. The van der Waals surface area contributed by atoms with Gasteiger partial charge in [-0.3, -0.25) is 4.98 Å². The second-order valence-electron chi connectivity index (χ2n) is 6.85. The van der Waals surface area contributed by atoms with Gasteiger partial charge >= 0.3 is 0 Å². The van der Waals surface area contributed by atoms with E-state index in [2.05, 4.69) is 15.2 Å². The molecule has 0 spiro atoms. The molecule has 0 fully saturated rings. The maximum Gasteiger partial charge on any atom is 0.165 e. The zero-order chi connectivity index (χ0) is 20.0. The number of aryl methyl sites for hydroxylation is 2.